The molecule has 23 heavy (non-hydrogen) atoms. The molecule has 1 atom stereocenters. The molecule has 2 aromatic rings. The summed E-state index contributed by atoms with van der Waals surface area (Å²) in [5.74, 6) is -0.811. The number of nitrogens with one attached hydrogen (secondary N) is 1. The molecule has 5 nitrogen and oxygen atoms in total. The van der Waals surface area contributed by atoms with Gasteiger partial charge < -0.3 is 11.1 Å². The Morgan fingerprint density at radius 2 is 2.00 bits per heavy atom. The monoisotopic (exact) mass is 362 g/mol. The Bertz CT molecular complexity index is 641. The molecule has 2 rings (SSSR count). The van der Waals surface area contributed by atoms with Crippen LogP contribution in [-0.2, 0) is 4.79 Å². The van der Waals surface area contributed by atoms with E-state index in [0.717, 1.165) is 0 Å². The van der Waals surface area contributed by atoms with Gasteiger partial charge in [-0.15, -0.1) is 24.8 Å². The molecule has 0 saturated heterocycles. The van der Waals surface area contributed by atoms with Crippen molar-refractivity contribution in [3.63, 3.8) is 0 Å². The van der Waals surface area contributed by atoms with E-state index in [1.54, 1.807) is 30.6 Å². The van der Waals surface area contributed by atoms with Crippen LogP contribution in [-0.4, -0.2) is 21.7 Å². The van der Waals surface area contributed by atoms with Crippen LogP contribution in [0.1, 0.15) is 20.8 Å². The third-order valence-electron chi connectivity index (χ3n) is 3.18. The zero-order chi connectivity index (χ0) is 15.6. The summed E-state index contributed by atoms with van der Waals surface area (Å²) in [5, 5.41) is 6.60. The standard InChI is InChI=1S/C15H19FN4O.2ClH/c1-15(2,3)13(17)14(21)19-10-5-6-12(11(16)9-10)20-8-4-7-18-20;;/h4-9,13H,17H2,1-3H3,(H,19,21);2*1H/t13-;;/m1../s1. The highest BCUT2D eigenvalue weighted by Crippen LogP contribution is 2.21. The maximum absolute atomic E-state index is 14.1. The number of carbonyl (C=O) groups is 1. The summed E-state index contributed by atoms with van der Waals surface area (Å²) in [5.41, 5.74) is 6.19. The summed E-state index contributed by atoms with van der Waals surface area (Å²) in [4.78, 5) is 12.0. The summed E-state index contributed by atoms with van der Waals surface area (Å²) in [6, 6.07) is 5.46. The topological polar surface area (TPSA) is 72.9 Å². The lowest BCUT2D eigenvalue weighted by Crippen LogP contribution is -2.45. The van der Waals surface area contributed by atoms with Gasteiger partial charge in [0.05, 0.1) is 6.04 Å². The zero-order valence-electron chi connectivity index (χ0n) is 13.1. The van der Waals surface area contributed by atoms with Crippen molar-refractivity contribution in [2.45, 2.75) is 26.8 Å². The molecule has 0 spiro atoms. The van der Waals surface area contributed by atoms with Crippen LogP contribution in [0, 0.1) is 11.2 Å². The van der Waals surface area contributed by atoms with Crippen LogP contribution in [0.25, 0.3) is 5.69 Å². The van der Waals surface area contributed by atoms with E-state index in [1.165, 1.54) is 10.7 Å². The number of carbonyl (C=O) groups excluding carboxylic acids is 1. The Labute approximate surface area is 147 Å². The summed E-state index contributed by atoms with van der Waals surface area (Å²) in [7, 11) is 0. The molecular formula is C15H21Cl2FN4O. The second kappa shape index (κ2) is 8.29. The number of nitrogens with two attached hydrogens (primary N) is 1. The van der Waals surface area contributed by atoms with E-state index in [-0.39, 0.29) is 36.1 Å². The second-order valence-electron chi connectivity index (χ2n) is 5.95. The molecule has 0 aliphatic heterocycles. The number of hydrogen-bond acceptors (Lipinski definition) is 3. The van der Waals surface area contributed by atoms with Crippen molar-refractivity contribution < 1.29 is 9.18 Å². The van der Waals surface area contributed by atoms with Crippen molar-refractivity contribution in [2.75, 3.05) is 5.32 Å². The average Bonchev–Trinajstić information content (AvgIpc) is 2.90. The van der Waals surface area contributed by atoms with E-state index >= 15 is 0 Å². The molecule has 0 aliphatic rings. The number of halogens is 3. The molecule has 0 aliphatic carbocycles. The van der Waals surface area contributed by atoms with Crippen molar-refractivity contribution in [1.82, 2.24) is 9.78 Å². The quantitative estimate of drug-likeness (QED) is 0.880. The second-order valence-corrected chi connectivity index (χ2v) is 5.95. The predicted octanol–water partition coefficient (Wildman–Crippen LogP) is 3.17. The fourth-order valence-corrected chi connectivity index (χ4v) is 1.80. The van der Waals surface area contributed by atoms with Gasteiger partial charge in [0, 0.05) is 18.1 Å². The van der Waals surface area contributed by atoms with Crippen molar-refractivity contribution in [3.8, 4) is 5.69 Å². The number of rotatable bonds is 3. The lowest BCUT2D eigenvalue weighted by Gasteiger charge is -2.25. The van der Waals surface area contributed by atoms with Crippen LogP contribution >= 0.6 is 24.8 Å². The molecule has 1 aromatic carbocycles. The molecule has 0 fully saturated rings. The molecule has 1 aromatic heterocycles. The van der Waals surface area contributed by atoms with E-state index in [2.05, 4.69) is 10.4 Å². The Hall–Kier alpha value is -1.63. The average molecular weight is 363 g/mol. The molecular weight excluding hydrogens is 342 g/mol. The minimum Gasteiger partial charge on any atom is -0.325 e. The minimum atomic E-state index is -0.675. The van der Waals surface area contributed by atoms with Crippen LogP contribution in [0.15, 0.2) is 36.7 Å². The normalized spacial score (nSPS) is 11.9. The van der Waals surface area contributed by atoms with E-state index in [4.69, 9.17) is 5.73 Å². The first-order valence-electron chi connectivity index (χ1n) is 6.65. The molecule has 0 radical (unpaired) electrons. The Kier molecular flexibility index (Phi) is 7.70. The number of benzene rings is 1. The predicted molar refractivity (Wildman–Crippen MR) is 94.1 cm³/mol. The van der Waals surface area contributed by atoms with Crippen LogP contribution in [0.4, 0.5) is 10.1 Å². The van der Waals surface area contributed by atoms with Crippen molar-refractivity contribution in [1.29, 1.82) is 0 Å². The van der Waals surface area contributed by atoms with Crippen LogP contribution in [0.2, 0.25) is 0 Å². The number of hydrogen-bond donors (Lipinski definition) is 2. The van der Waals surface area contributed by atoms with Gasteiger partial charge in [-0.3, -0.25) is 4.79 Å². The van der Waals surface area contributed by atoms with Gasteiger partial charge in [-0.25, -0.2) is 9.07 Å². The van der Waals surface area contributed by atoms with Gasteiger partial charge in [0.2, 0.25) is 5.91 Å². The first-order valence-corrected chi connectivity index (χ1v) is 6.65. The first-order chi connectivity index (χ1) is 9.79. The van der Waals surface area contributed by atoms with Crippen molar-refractivity contribution in [2.24, 2.45) is 11.1 Å². The molecule has 0 saturated carbocycles. The summed E-state index contributed by atoms with van der Waals surface area (Å²) in [6.07, 6.45) is 3.21. The largest absolute Gasteiger partial charge is 0.325 e. The summed E-state index contributed by atoms with van der Waals surface area (Å²) >= 11 is 0. The number of anilines is 1. The summed E-state index contributed by atoms with van der Waals surface area (Å²) in [6.45, 7) is 5.62. The lowest BCUT2D eigenvalue weighted by molar-refractivity contribution is -0.119. The van der Waals surface area contributed by atoms with E-state index in [9.17, 15) is 9.18 Å². The SMILES string of the molecule is CC(C)(C)[C@H](N)C(=O)Nc1ccc(-n2cccn2)c(F)c1.Cl.Cl. The molecule has 0 unspecified atom stereocenters. The van der Waals surface area contributed by atoms with Crippen LogP contribution in [0.3, 0.4) is 0 Å². The third kappa shape index (κ3) is 5.20. The van der Waals surface area contributed by atoms with Gasteiger partial charge in [-0.2, -0.15) is 5.10 Å². The van der Waals surface area contributed by atoms with Gasteiger partial charge in [0.25, 0.3) is 0 Å². The molecule has 8 heteroatoms. The fraction of sp³-hybridized carbons (Fsp3) is 0.333. The minimum absolute atomic E-state index is 0. The molecule has 1 heterocycles. The number of amides is 1. The summed E-state index contributed by atoms with van der Waals surface area (Å²) < 4.78 is 15.5. The van der Waals surface area contributed by atoms with Crippen molar-refractivity contribution >= 4 is 36.4 Å². The third-order valence-corrected chi connectivity index (χ3v) is 3.18. The maximum atomic E-state index is 14.1. The van der Waals surface area contributed by atoms with E-state index < -0.39 is 11.9 Å². The van der Waals surface area contributed by atoms with Gasteiger partial charge in [0.15, 0.2) is 5.82 Å². The highest BCUT2D eigenvalue weighted by molar-refractivity contribution is 5.95. The Morgan fingerprint density at radius 1 is 1.35 bits per heavy atom. The molecule has 128 valence electrons. The first kappa shape index (κ1) is 21.4. The molecule has 1 amide bonds. The van der Waals surface area contributed by atoms with Gasteiger partial charge in [0.1, 0.15) is 5.69 Å². The van der Waals surface area contributed by atoms with Crippen LogP contribution < -0.4 is 11.1 Å². The lowest BCUT2D eigenvalue weighted by atomic mass is 9.87. The number of aromatic nitrogens is 2. The van der Waals surface area contributed by atoms with Gasteiger partial charge >= 0.3 is 0 Å². The molecule has 0 bridgehead atoms. The van der Waals surface area contributed by atoms with E-state index in [1.807, 2.05) is 20.8 Å². The van der Waals surface area contributed by atoms with Crippen LogP contribution in [0.5, 0.6) is 0 Å². The zero-order valence-corrected chi connectivity index (χ0v) is 14.7. The van der Waals surface area contributed by atoms with E-state index in [0.29, 0.717) is 11.4 Å². The highest BCUT2D eigenvalue weighted by Gasteiger charge is 2.27. The number of nitrogens with zero attached hydrogens (tertiary/aromatic N) is 2. The fourth-order valence-electron chi connectivity index (χ4n) is 1.80. The van der Waals surface area contributed by atoms with Gasteiger partial charge in [-0.1, -0.05) is 20.8 Å². The molecule has 3 N–H and O–H groups in total. The van der Waals surface area contributed by atoms with Crippen molar-refractivity contribution in [3.05, 3.63) is 42.5 Å². The smallest absolute Gasteiger partial charge is 0.241 e. The Balaban J connectivity index is 0.00000242. The highest BCUT2D eigenvalue weighted by atomic mass is 35.5. The Morgan fingerprint density at radius 3 is 2.48 bits per heavy atom. The maximum Gasteiger partial charge on any atom is 0.241 e. The van der Waals surface area contributed by atoms with Gasteiger partial charge in [-0.05, 0) is 29.7 Å².